The molecule has 0 saturated carbocycles. The Bertz CT molecular complexity index is 722. The van der Waals surface area contributed by atoms with Gasteiger partial charge in [0.05, 0.1) is 13.2 Å². The lowest BCUT2D eigenvalue weighted by atomic mass is 10.5. The van der Waals surface area contributed by atoms with Crippen molar-refractivity contribution in [3.63, 3.8) is 0 Å². The zero-order valence-corrected chi connectivity index (χ0v) is 13.9. The van der Waals surface area contributed by atoms with Crippen molar-refractivity contribution < 1.29 is 32.7 Å². The van der Waals surface area contributed by atoms with E-state index < -0.39 is 11.9 Å². The lowest BCUT2D eigenvalue weighted by Crippen LogP contribution is -2.08. The first-order valence-electron chi connectivity index (χ1n) is 7.15. The molecular weight excluding hydrogens is 336 g/mol. The van der Waals surface area contributed by atoms with Crippen LogP contribution in [0.4, 0.5) is 12.0 Å². The third-order valence-corrected chi connectivity index (χ3v) is 2.28. The molecule has 0 aliphatic rings. The second-order valence-corrected chi connectivity index (χ2v) is 4.23. The molecule has 0 bridgehead atoms. The van der Waals surface area contributed by atoms with Gasteiger partial charge >= 0.3 is 18.0 Å². The number of carbonyl (C=O) groups excluding carboxylic acids is 3. The van der Waals surface area contributed by atoms with E-state index in [2.05, 4.69) is 29.2 Å². The SMILES string of the molecule is CCOC(=O)c1coc(N)n1.CCOC(=O)c1coc(NC(C)=O)n1. The Labute approximate surface area is 142 Å². The average Bonchev–Trinajstić information content (AvgIpc) is 3.17. The van der Waals surface area contributed by atoms with E-state index in [1.165, 1.54) is 6.92 Å². The molecule has 2 rings (SSSR count). The smallest absolute Gasteiger partial charge is 0.360 e. The summed E-state index contributed by atoms with van der Waals surface area (Å²) >= 11 is 0. The fourth-order valence-corrected chi connectivity index (χ4v) is 1.37. The van der Waals surface area contributed by atoms with Crippen LogP contribution in [0.5, 0.6) is 0 Å². The minimum Gasteiger partial charge on any atom is -0.461 e. The zero-order chi connectivity index (χ0) is 18.8. The first-order valence-corrected chi connectivity index (χ1v) is 7.15. The van der Waals surface area contributed by atoms with E-state index in [1.807, 2.05) is 0 Å². The Morgan fingerprint density at radius 2 is 1.56 bits per heavy atom. The number of amides is 1. The van der Waals surface area contributed by atoms with Crippen molar-refractivity contribution in [3.05, 3.63) is 23.9 Å². The van der Waals surface area contributed by atoms with Gasteiger partial charge in [-0.25, -0.2) is 9.59 Å². The number of aromatic nitrogens is 2. The van der Waals surface area contributed by atoms with E-state index in [-0.39, 0.29) is 35.9 Å². The third-order valence-electron chi connectivity index (χ3n) is 2.28. The fraction of sp³-hybridized carbons (Fsp3) is 0.357. The van der Waals surface area contributed by atoms with E-state index in [1.54, 1.807) is 13.8 Å². The second kappa shape index (κ2) is 9.70. The molecular formula is C14H18N4O7. The Morgan fingerprint density at radius 1 is 1.04 bits per heavy atom. The summed E-state index contributed by atoms with van der Waals surface area (Å²) in [7, 11) is 0. The summed E-state index contributed by atoms with van der Waals surface area (Å²) in [5.74, 6) is -1.41. The highest BCUT2D eigenvalue weighted by molar-refractivity contribution is 5.89. The second-order valence-electron chi connectivity index (χ2n) is 4.23. The summed E-state index contributed by atoms with van der Waals surface area (Å²) in [6.07, 6.45) is 2.29. The number of nitrogens with zero attached hydrogens (tertiary/aromatic N) is 2. The largest absolute Gasteiger partial charge is 0.461 e. The molecule has 0 saturated heterocycles. The number of rotatable bonds is 5. The van der Waals surface area contributed by atoms with Crippen molar-refractivity contribution in [1.29, 1.82) is 0 Å². The molecule has 2 aromatic heterocycles. The van der Waals surface area contributed by atoms with Crippen LogP contribution in [0.2, 0.25) is 0 Å². The average molecular weight is 354 g/mol. The van der Waals surface area contributed by atoms with Crippen molar-refractivity contribution in [2.45, 2.75) is 20.8 Å². The maximum Gasteiger partial charge on any atom is 0.360 e. The van der Waals surface area contributed by atoms with Gasteiger partial charge in [0.15, 0.2) is 11.4 Å². The molecule has 0 aliphatic heterocycles. The summed E-state index contributed by atoms with van der Waals surface area (Å²) < 4.78 is 18.7. The number of ether oxygens (including phenoxy) is 2. The Hall–Kier alpha value is -3.37. The molecule has 136 valence electrons. The molecule has 3 N–H and O–H groups in total. The van der Waals surface area contributed by atoms with Gasteiger partial charge in [-0.15, -0.1) is 0 Å². The normalized spacial score (nSPS) is 9.56. The van der Waals surface area contributed by atoms with E-state index in [9.17, 15) is 14.4 Å². The number of nitrogen functional groups attached to an aromatic ring is 1. The molecule has 2 heterocycles. The molecule has 0 aromatic carbocycles. The highest BCUT2D eigenvalue weighted by Gasteiger charge is 2.13. The van der Waals surface area contributed by atoms with Crippen LogP contribution in [0, 0.1) is 0 Å². The van der Waals surface area contributed by atoms with E-state index in [0.29, 0.717) is 6.61 Å². The molecule has 1 amide bonds. The molecule has 0 aliphatic carbocycles. The molecule has 25 heavy (non-hydrogen) atoms. The quantitative estimate of drug-likeness (QED) is 0.747. The van der Waals surface area contributed by atoms with Crippen LogP contribution in [0.3, 0.4) is 0 Å². The van der Waals surface area contributed by atoms with Gasteiger partial charge in [0.2, 0.25) is 5.91 Å². The number of nitrogens with one attached hydrogen (secondary N) is 1. The monoisotopic (exact) mass is 354 g/mol. The predicted octanol–water partition coefficient (Wildman–Crippen LogP) is 1.24. The van der Waals surface area contributed by atoms with Gasteiger partial charge in [-0.3, -0.25) is 10.1 Å². The maximum atomic E-state index is 11.1. The molecule has 0 unspecified atom stereocenters. The first-order chi connectivity index (χ1) is 11.9. The number of oxazole rings is 2. The first kappa shape index (κ1) is 19.7. The number of anilines is 2. The maximum absolute atomic E-state index is 11.1. The van der Waals surface area contributed by atoms with Crippen molar-refractivity contribution in [2.24, 2.45) is 0 Å². The molecule has 11 heteroatoms. The lowest BCUT2D eigenvalue weighted by Gasteiger charge is -1.95. The minimum atomic E-state index is -0.576. The summed E-state index contributed by atoms with van der Waals surface area (Å²) in [5, 5.41) is 2.30. The Morgan fingerprint density at radius 3 is 2.00 bits per heavy atom. The number of hydrogen-bond acceptors (Lipinski definition) is 10. The molecule has 0 atom stereocenters. The Kier molecular flexibility index (Phi) is 7.63. The van der Waals surface area contributed by atoms with Gasteiger partial charge in [0, 0.05) is 6.92 Å². The van der Waals surface area contributed by atoms with Gasteiger partial charge in [0.25, 0.3) is 6.01 Å². The molecule has 0 radical (unpaired) electrons. The van der Waals surface area contributed by atoms with Gasteiger partial charge in [-0.1, -0.05) is 0 Å². The van der Waals surface area contributed by atoms with Gasteiger partial charge in [-0.2, -0.15) is 9.97 Å². The molecule has 11 nitrogen and oxygen atoms in total. The summed E-state index contributed by atoms with van der Waals surface area (Å²) in [6, 6.07) is -0.0476. The van der Waals surface area contributed by atoms with Crippen LogP contribution in [0.1, 0.15) is 41.7 Å². The number of hydrogen-bond donors (Lipinski definition) is 2. The number of esters is 2. The fourth-order valence-electron chi connectivity index (χ4n) is 1.37. The van der Waals surface area contributed by atoms with Crippen molar-refractivity contribution in [1.82, 2.24) is 9.97 Å². The standard InChI is InChI=1S/C8H10N2O4.C6H8N2O3/c1-3-13-7(12)6-4-14-8(10-6)9-5(2)11;1-2-10-5(9)4-3-11-6(7)8-4/h4H,3H2,1-2H3,(H,9,10,11);3H,2H2,1H3,(H2,7,8). The minimum absolute atomic E-state index is 0.0134. The van der Waals surface area contributed by atoms with Crippen molar-refractivity contribution in [2.75, 3.05) is 24.3 Å². The van der Waals surface area contributed by atoms with Crippen molar-refractivity contribution >= 4 is 29.9 Å². The van der Waals surface area contributed by atoms with Crippen LogP contribution in [0.15, 0.2) is 21.4 Å². The van der Waals surface area contributed by atoms with E-state index >= 15 is 0 Å². The van der Waals surface area contributed by atoms with Gasteiger partial charge in [0.1, 0.15) is 12.5 Å². The topological polar surface area (TPSA) is 160 Å². The van der Waals surface area contributed by atoms with Crippen LogP contribution in [-0.2, 0) is 14.3 Å². The number of carbonyl (C=O) groups is 3. The van der Waals surface area contributed by atoms with Gasteiger partial charge in [-0.05, 0) is 13.8 Å². The molecule has 2 aromatic rings. The zero-order valence-electron chi connectivity index (χ0n) is 13.9. The van der Waals surface area contributed by atoms with Crippen LogP contribution >= 0.6 is 0 Å². The van der Waals surface area contributed by atoms with E-state index in [4.69, 9.17) is 10.2 Å². The Balaban J connectivity index is 0.000000257. The molecule has 0 fully saturated rings. The number of nitrogens with two attached hydrogens (primary N) is 1. The van der Waals surface area contributed by atoms with Crippen LogP contribution in [0.25, 0.3) is 0 Å². The van der Waals surface area contributed by atoms with E-state index in [0.717, 1.165) is 12.5 Å². The summed E-state index contributed by atoms with van der Waals surface area (Å²) in [4.78, 5) is 39.8. The van der Waals surface area contributed by atoms with Crippen LogP contribution < -0.4 is 11.1 Å². The van der Waals surface area contributed by atoms with Gasteiger partial charge < -0.3 is 24.0 Å². The molecule has 0 spiro atoms. The lowest BCUT2D eigenvalue weighted by molar-refractivity contribution is -0.114. The third kappa shape index (κ3) is 6.72. The highest BCUT2D eigenvalue weighted by Crippen LogP contribution is 2.08. The predicted molar refractivity (Wildman–Crippen MR) is 83.6 cm³/mol. The summed E-state index contributed by atoms with van der Waals surface area (Å²) in [6.45, 7) is 5.29. The van der Waals surface area contributed by atoms with Crippen molar-refractivity contribution in [3.8, 4) is 0 Å². The summed E-state index contributed by atoms with van der Waals surface area (Å²) in [5.41, 5.74) is 5.27. The highest BCUT2D eigenvalue weighted by atomic mass is 16.5. The van der Waals surface area contributed by atoms with Crippen LogP contribution in [-0.4, -0.2) is 41.0 Å².